The number of hydrogen-bond acceptors (Lipinski definition) is 4. The van der Waals surface area contributed by atoms with Gasteiger partial charge in [-0.1, -0.05) is 0 Å². The van der Waals surface area contributed by atoms with E-state index in [1.54, 1.807) is 0 Å². The van der Waals surface area contributed by atoms with Crippen molar-refractivity contribution in [1.29, 1.82) is 0 Å². The number of nitrogens with zero attached hydrogens (tertiary/aromatic N) is 1. The van der Waals surface area contributed by atoms with E-state index in [4.69, 9.17) is 0 Å². The second-order valence-electron chi connectivity index (χ2n) is 3.52. The Kier molecular flexibility index (Phi) is 3.13. The molecule has 0 amide bonds. The molecule has 0 aromatic rings. The van der Waals surface area contributed by atoms with Crippen LogP contribution >= 0.6 is 0 Å². The van der Waals surface area contributed by atoms with Gasteiger partial charge in [0.05, 0.1) is 6.54 Å². The fourth-order valence-corrected chi connectivity index (χ4v) is 3.05. The highest BCUT2D eigenvalue weighted by molar-refractivity contribution is 7.82. The highest BCUT2D eigenvalue weighted by atomic mass is 32.2. The molecule has 2 atom stereocenters. The first kappa shape index (κ1) is 11.4. The zero-order chi connectivity index (χ0) is 10.9. The molecular formula is C7H14N2O4S. The third kappa shape index (κ3) is 1.89. The smallest absolute Gasteiger partial charge is 0.371 e. The molecule has 0 aromatic heterocycles. The first-order valence-corrected chi connectivity index (χ1v) is 5.80. The van der Waals surface area contributed by atoms with Crippen LogP contribution in [-0.4, -0.2) is 45.4 Å². The molecule has 0 radical (unpaired) electrons. The number of nitrogens with one attached hydrogen (secondary N) is 1. The maximum atomic E-state index is 11.6. The van der Waals surface area contributed by atoms with Crippen molar-refractivity contribution in [1.82, 2.24) is 4.31 Å². The van der Waals surface area contributed by atoms with Crippen molar-refractivity contribution in [3.63, 3.8) is 0 Å². The van der Waals surface area contributed by atoms with Crippen molar-refractivity contribution >= 4 is 16.2 Å². The van der Waals surface area contributed by atoms with Crippen LogP contribution in [0.5, 0.6) is 0 Å². The van der Waals surface area contributed by atoms with E-state index in [2.05, 4.69) is 0 Å². The minimum atomic E-state index is -3.54. The molecule has 0 saturated carbocycles. The third-order valence-electron chi connectivity index (χ3n) is 2.40. The predicted molar refractivity (Wildman–Crippen MR) is 46.5 cm³/mol. The summed E-state index contributed by atoms with van der Waals surface area (Å²) < 4.78 is 24.4. The predicted octanol–water partition coefficient (Wildman–Crippen LogP) is -3.41. The summed E-state index contributed by atoms with van der Waals surface area (Å²) in [4.78, 5) is 10.7. The minimum absolute atomic E-state index is 0.0856. The number of hydrogen-bond donors (Lipinski definition) is 1. The molecule has 1 heterocycles. The first-order chi connectivity index (χ1) is 6.37. The van der Waals surface area contributed by atoms with E-state index in [0.29, 0.717) is 19.4 Å². The molecule has 7 heteroatoms. The van der Waals surface area contributed by atoms with Crippen LogP contribution in [0.25, 0.3) is 0 Å². The zero-order valence-electron chi connectivity index (χ0n) is 8.19. The van der Waals surface area contributed by atoms with Gasteiger partial charge in [0.25, 0.3) is 0 Å². The summed E-state index contributed by atoms with van der Waals surface area (Å²) in [7, 11) is -0.750. The Hall–Kier alpha value is -0.660. The second kappa shape index (κ2) is 3.84. The van der Waals surface area contributed by atoms with E-state index < -0.39 is 22.2 Å². The summed E-state index contributed by atoms with van der Waals surface area (Å²) in [5.41, 5.74) is 0. The van der Waals surface area contributed by atoms with Crippen LogP contribution in [0.15, 0.2) is 0 Å². The maximum absolute atomic E-state index is 11.6. The summed E-state index contributed by atoms with van der Waals surface area (Å²) in [5.74, 6) is -1.29. The van der Waals surface area contributed by atoms with Gasteiger partial charge in [0, 0.05) is 26.9 Å². The quantitative estimate of drug-likeness (QED) is 0.539. The van der Waals surface area contributed by atoms with Crippen LogP contribution in [0.2, 0.25) is 0 Å². The van der Waals surface area contributed by atoms with Gasteiger partial charge in [0.1, 0.15) is 12.0 Å². The molecule has 1 unspecified atom stereocenters. The topological polar surface area (TPSA) is 82.0 Å². The lowest BCUT2D eigenvalue weighted by Gasteiger charge is -2.23. The molecule has 0 aliphatic carbocycles. The molecule has 1 rings (SSSR count). The van der Waals surface area contributed by atoms with E-state index >= 15 is 0 Å². The molecule has 6 nitrogen and oxygen atoms in total. The molecule has 1 saturated heterocycles. The number of carbonyl (C=O) groups is 1. The molecule has 1 aliphatic rings. The Morgan fingerprint density at radius 2 is 2.07 bits per heavy atom. The summed E-state index contributed by atoms with van der Waals surface area (Å²) in [6, 6.07) is -0.928. The highest BCUT2D eigenvalue weighted by Gasteiger charge is 2.40. The summed E-state index contributed by atoms with van der Waals surface area (Å²) in [6.45, 7) is 0.332. The molecule has 1 N–H and O–H groups in total. The lowest BCUT2D eigenvalue weighted by atomic mass is 10.2. The number of quaternary nitrogens is 1. The van der Waals surface area contributed by atoms with Crippen molar-refractivity contribution in [2.75, 3.05) is 20.6 Å². The van der Waals surface area contributed by atoms with Gasteiger partial charge < -0.3 is 9.90 Å². The number of aliphatic carboxylic acids is 1. The van der Waals surface area contributed by atoms with Crippen LogP contribution in [0.3, 0.4) is 0 Å². The Morgan fingerprint density at radius 3 is 2.50 bits per heavy atom. The Bertz CT molecular complexity index is 325. The molecule has 0 bridgehead atoms. The van der Waals surface area contributed by atoms with Crippen LogP contribution in [0.1, 0.15) is 12.8 Å². The molecule has 82 valence electrons. The molecule has 0 spiro atoms. The average Bonchev–Trinajstić information content (AvgIpc) is 2.51. The fraction of sp³-hybridized carbons (Fsp3) is 0.857. The van der Waals surface area contributed by atoms with E-state index in [9.17, 15) is 18.3 Å². The Labute approximate surface area is 83.3 Å². The molecular weight excluding hydrogens is 208 g/mol. The Morgan fingerprint density at radius 1 is 1.50 bits per heavy atom. The van der Waals surface area contributed by atoms with Crippen LogP contribution < -0.4 is 9.41 Å². The summed E-state index contributed by atoms with van der Waals surface area (Å²) in [5, 5.41) is 10.7. The largest absolute Gasteiger partial charge is 0.544 e. The fourth-order valence-electron chi connectivity index (χ4n) is 1.61. The van der Waals surface area contributed by atoms with Gasteiger partial charge in [-0.15, -0.1) is 0 Å². The second-order valence-corrected chi connectivity index (χ2v) is 5.72. The average molecular weight is 222 g/mol. The van der Waals surface area contributed by atoms with Gasteiger partial charge in [-0.25, -0.2) is 4.31 Å². The van der Waals surface area contributed by atoms with Crippen molar-refractivity contribution in [2.45, 2.75) is 18.9 Å². The lowest BCUT2D eigenvalue weighted by Crippen LogP contribution is -3.18. The minimum Gasteiger partial charge on any atom is -0.544 e. The van der Waals surface area contributed by atoms with Crippen LogP contribution in [-0.2, 0) is 15.0 Å². The van der Waals surface area contributed by atoms with Crippen molar-refractivity contribution in [3.8, 4) is 0 Å². The van der Waals surface area contributed by atoms with Crippen molar-refractivity contribution in [2.24, 2.45) is 0 Å². The van der Waals surface area contributed by atoms with Gasteiger partial charge in [-0.05, 0) is 0 Å². The summed E-state index contributed by atoms with van der Waals surface area (Å²) in [6.07, 6.45) is 0.964. The SMILES string of the molecule is CN(C)S(=O)(=O)[NH+]1CCC[C@@H]1C(=O)[O-]. The molecule has 1 aliphatic heterocycles. The van der Waals surface area contributed by atoms with Crippen LogP contribution in [0, 0.1) is 0 Å². The van der Waals surface area contributed by atoms with Gasteiger partial charge in [-0.2, -0.15) is 12.7 Å². The number of carbonyl (C=O) groups excluding carboxylic acids is 1. The molecule has 14 heavy (non-hydrogen) atoms. The first-order valence-electron chi connectivity index (χ1n) is 4.36. The lowest BCUT2D eigenvalue weighted by molar-refractivity contribution is -0.777. The number of rotatable bonds is 3. The zero-order valence-corrected chi connectivity index (χ0v) is 9.00. The van der Waals surface area contributed by atoms with E-state index in [1.807, 2.05) is 0 Å². The van der Waals surface area contributed by atoms with Gasteiger partial charge in [-0.3, -0.25) is 0 Å². The highest BCUT2D eigenvalue weighted by Crippen LogP contribution is 2.01. The van der Waals surface area contributed by atoms with Gasteiger partial charge in [0.15, 0.2) is 0 Å². The molecule has 1 fully saturated rings. The summed E-state index contributed by atoms with van der Waals surface area (Å²) >= 11 is 0. The number of carboxylic acids is 1. The van der Waals surface area contributed by atoms with E-state index in [0.717, 1.165) is 4.31 Å². The monoisotopic (exact) mass is 222 g/mol. The Balaban J connectivity index is 2.93. The van der Waals surface area contributed by atoms with Crippen molar-refractivity contribution < 1.29 is 22.6 Å². The number of carboxylic acid groups (broad SMARTS) is 1. The van der Waals surface area contributed by atoms with Crippen LogP contribution in [0.4, 0.5) is 0 Å². The van der Waals surface area contributed by atoms with Gasteiger partial charge in [0.2, 0.25) is 0 Å². The third-order valence-corrected chi connectivity index (χ3v) is 4.51. The normalized spacial score (nSPS) is 28.2. The maximum Gasteiger partial charge on any atom is 0.371 e. The van der Waals surface area contributed by atoms with Gasteiger partial charge >= 0.3 is 10.2 Å². The van der Waals surface area contributed by atoms with Crippen molar-refractivity contribution in [3.05, 3.63) is 0 Å². The van der Waals surface area contributed by atoms with E-state index in [1.165, 1.54) is 14.1 Å². The standard InChI is InChI=1S/C7H14N2O4S/c1-8(2)14(12,13)9-5-3-4-6(9)7(10)11/h6H,3-5H2,1-2H3,(H,10,11)/t6-/m1/s1. The van der Waals surface area contributed by atoms with E-state index in [-0.39, 0.29) is 4.31 Å². The molecule has 0 aromatic carbocycles.